The van der Waals surface area contributed by atoms with E-state index in [9.17, 15) is 4.39 Å². The number of nitrogens with one attached hydrogen (secondary N) is 1. The second-order valence-corrected chi connectivity index (χ2v) is 6.71. The van der Waals surface area contributed by atoms with Crippen LogP contribution in [0.1, 0.15) is 38.8 Å². The van der Waals surface area contributed by atoms with Crippen LogP contribution in [0.15, 0.2) is 48.5 Å². The van der Waals surface area contributed by atoms with Crippen LogP contribution >= 0.6 is 0 Å². The predicted molar refractivity (Wildman–Crippen MR) is 88.3 cm³/mol. The van der Waals surface area contributed by atoms with E-state index in [2.05, 4.69) is 57.3 Å². The third-order valence-corrected chi connectivity index (χ3v) is 3.59. The minimum absolute atomic E-state index is 0.172. The number of hydrogen-bond donors (Lipinski definition) is 1. The molecule has 0 aliphatic carbocycles. The fourth-order valence-corrected chi connectivity index (χ4v) is 2.42. The smallest absolute Gasteiger partial charge is 0.123 e. The van der Waals surface area contributed by atoms with Crippen molar-refractivity contribution < 1.29 is 4.39 Å². The standard InChI is InChI=1S/C19H24FN/c1-14(12-15-6-5-7-17(20)13-15)21-18-10-8-16(9-11-18)19(2,3)4/h5-11,13-14,21H,12H2,1-4H3. The Morgan fingerprint density at radius 2 is 1.71 bits per heavy atom. The molecular formula is C19H24FN. The van der Waals surface area contributed by atoms with E-state index in [-0.39, 0.29) is 17.3 Å². The van der Waals surface area contributed by atoms with Gasteiger partial charge in [-0.05, 0) is 54.2 Å². The molecule has 0 radical (unpaired) electrons. The van der Waals surface area contributed by atoms with Crippen LogP contribution in [0.5, 0.6) is 0 Å². The molecule has 0 saturated heterocycles. The van der Waals surface area contributed by atoms with Gasteiger partial charge in [0.15, 0.2) is 0 Å². The average molecular weight is 285 g/mol. The summed E-state index contributed by atoms with van der Waals surface area (Å²) in [4.78, 5) is 0. The molecule has 0 saturated carbocycles. The minimum Gasteiger partial charge on any atom is -0.382 e. The van der Waals surface area contributed by atoms with Crippen molar-refractivity contribution in [3.05, 3.63) is 65.5 Å². The first-order valence-corrected chi connectivity index (χ1v) is 7.46. The van der Waals surface area contributed by atoms with Crippen LogP contribution in [0, 0.1) is 5.82 Å². The molecule has 0 heterocycles. The number of hydrogen-bond acceptors (Lipinski definition) is 1. The monoisotopic (exact) mass is 285 g/mol. The average Bonchev–Trinajstić information content (AvgIpc) is 2.38. The van der Waals surface area contributed by atoms with E-state index in [0.717, 1.165) is 17.7 Å². The Hall–Kier alpha value is -1.83. The maximum absolute atomic E-state index is 13.2. The van der Waals surface area contributed by atoms with Crippen molar-refractivity contribution in [2.45, 2.75) is 45.6 Å². The van der Waals surface area contributed by atoms with Gasteiger partial charge in [0.05, 0.1) is 0 Å². The van der Waals surface area contributed by atoms with E-state index in [1.807, 2.05) is 6.07 Å². The third-order valence-electron chi connectivity index (χ3n) is 3.59. The second kappa shape index (κ2) is 6.30. The molecule has 0 aliphatic rings. The van der Waals surface area contributed by atoms with Gasteiger partial charge in [0.2, 0.25) is 0 Å². The Kier molecular flexibility index (Phi) is 4.66. The van der Waals surface area contributed by atoms with Gasteiger partial charge in [-0.25, -0.2) is 4.39 Å². The van der Waals surface area contributed by atoms with Crippen molar-refractivity contribution in [1.29, 1.82) is 0 Å². The Morgan fingerprint density at radius 3 is 2.29 bits per heavy atom. The van der Waals surface area contributed by atoms with Crippen molar-refractivity contribution in [2.24, 2.45) is 0 Å². The number of anilines is 1. The molecule has 0 aromatic heterocycles. The van der Waals surface area contributed by atoms with Crippen molar-refractivity contribution in [2.75, 3.05) is 5.32 Å². The zero-order chi connectivity index (χ0) is 15.5. The summed E-state index contributed by atoms with van der Waals surface area (Å²) in [5.74, 6) is -0.172. The zero-order valence-corrected chi connectivity index (χ0v) is 13.3. The Labute approximate surface area is 127 Å². The molecule has 2 aromatic rings. The summed E-state index contributed by atoms with van der Waals surface area (Å²) in [6, 6.07) is 15.6. The fraction of sp³-hybridized carbons (Fsp3) is 0.368. The molecule has 21 heavy (non-hydrogen) atoms. The first-order valence-electron chi connectivity index (χ1n) is 7.46. The van der Waals surface area contributed by atoms with Crippen LogP contribution in [-0.4, -0.2) is 6.04 Å². The molecule has 0 amide bonds. The van der Waals surface area contributed by atoms with Gasteiger partial charge in [-0.2, -0.15) is 0 Å². The molecule has 0 aliphatic heterocycles. The van der Waals surface area contributed by atoms with Gasteiger partial charge in [0, 0.05) is 11.7 Å². The summed E-state index contributed by atoms with van der Waals surface area (Å²) in [5.41, 5.74) is 3.62. The third kappa shape index (κ3) is 4.59. The summed E-state index contributed by atoms with van der Waals surface area (Å²) in [7, 11) is 0. The van der Waals surface area contributed by atoms with E-state index >= 15 is 0 Å². The number of rotatable bonds is 4. The maximum Gasteiger partial charge on any atom is 0.123 e. The SMILES string of the molecule is CC(Cc1cccc(F)c1)Nc1ccc(C(C)(C)C)cc1. The zero-order valence-electron chi connectivity index (χ0n) is 13.3. The Bertz CT molecular complexity index is 581. The van der Waals surface area contributed by atoms with Gasteiger partial charge in [0.25, 0.3) is 0 Å². The fourth-order valence-electron chi connectivity index (χ4n) is 2.42. The summed E-state index contributed by atoms with van der Waals surface area (Å²) in [6.45, 7) is 8.74. The maximum atomic E-state index is 13.2. The highest BCUT2D eigenvalue weighted by Gasteiger charge is 2.13. The Balaban J connectivity index is 1.98. The first-order chi connectivity index (χ1) is 9.84. The lowest BCUT2D eigenvalue weighted by atomic mass is 9.87. The lowest BCUT2D eigenvalue weighted by molar-refractivity contribution is 0.590. The summed E-state index contributed by atoms with van der Waals surface area (Å²) in [6.07, 6.45) is 0.804. The normalized spacial score (nSPS) is 13.0. The van der Waals surface area contributed by atoms with Gasteiger partial charge in [-0.3, -0.25) is 0 Å². The Morgan fingerprint density at radius 1 is 1.05 bits per heavy atom. The van der Waals surface area contributed by atoms with Crippen LogP contribution in [0.3, 0.4) is 0 Å². The van der Waals surface area contributed by atoms with Crippen LogP contribution in [-0.2, 0) is 11.8 Å². The molecule has 112 valence electrons. The number of halogens is 1. The van der Waals surface area contributed by atoms with Crippen LogP contribution < -0.4 is 5.32 Å². The summed E-state index contributed by atoms with van der Waals surface area (Å²) in [5, 5.41) is 3.47. The largest absolute Gasteiger partial charge is 0.382 e. The summed E-state index contributed by atoms with van der Waals surface area (Å²) >= 11 is 0. The van der Waals surface area contributed by atoms with E-state index < -0.39 is 0 Å². The first kappa shape index (κ1) is 15.6. The van der Waals surface area contributed by atoms with E-state index in [0.29, 0.717) is 0 Å². The highest BCUT2D eigenvalue weighted by molar-refractivity contribution is 5.46. The quantitative estimate of drug-likeness (QED) is 0.817. The van der Waals surface area contributed by atoms with E-state index in [1.165, 1.54) is 11.6 Å². The molecule has 1 unspecified atom stereocenters. The lowest BCUT2D eigenvalue weighted by Gasteiger charge is -2.20. The molecule has 1 N–H and O–H groups in total. The molecule has 2 heteroatoms. The van der Waals surface area contributed by atoms with Gasteiger partial charge >= 0.3 is 0 Å². The highest BCUT2D eigenvalue weighted by Crippen LogP contribution is 2.23. The van der Waals surface area contributed by atoms with Gasteiger partial charge in [0.1, 0.15) is 5.82 Å². The summed E-state index contributed by atoms with van der Waals surface area (Å²) < 4.78 is 13.2. The van der Waals surface area contributed by atoms with Crippen molar-refractivity contribution in [3.63, 3.8) is 0 Å². The molecule has 1 atom stereocenters. The molecule has 2 aromatic carbocycles. The van der Waals surface area contributed by atoms with Crippen molar-refractivity contribution in [1.82, 2.24) is 0 Å². The van der Waals surface area contributed by atoms with Crippen molar-refractivity contribution in [3.8, 4) is 0 Å². The predicted octanol–water partition coefficient (Wildman–Crippen LogP) is 5.17. The highest BCUT2D eigenvalue weighted by atomic mass is 19.1. The molecule has 0 bridgehead atoms. The molecule has 0 spiro atoms. The van der Waals surface area contributed by atoms with Gasteiger partial charge < -0.3 is 5.32 Å². The van der Waals surface area contributed by atoms with Crippen molar-refractivity contribution >= 4 is 5.69 Å². The molecular weight excluding hydrogens is 261 g/mol. The number of benzene rings is 2. The van der Waals surface area contributed by atoms with E-state index in [4.69, 9.17) is 0 Å². The molecule has 0 fully saturated rings. The minimum atomic E-state index is -0.172. The van der Waals surface area contributed by atoms with Crippen LogP contribution in [0.4, 0.5) is 10.1 Å². The molecule has 1 nitrogen and oxygen atoms in total. The second-order valence-electron chi connectivity index (χ2n) is 6.71. The molecule has 2 rings (SSSR count). The van der Waals surface area contributed by atoms with Crippen LogP contribution in [0.25, 0.3) is 0 Å². The lowest BCUT2D eigenvalue weighted by Crippen LogP contribution is -2.18. The van der Waals surface area contributed by atoms with E-state index in [1.54, 1.807) is 12.1 Å². The van der Waals surface area contributed by atoms with Crippen LogP contribution in [0.2, 0.25) is 0 Å². The topological polar surface area (TPSA) is 12.0 Å². The van der Waals surface area contributed by atoms with Gasteiger partial charge in [-0.15, -0.1) is 0 Å². The van der Waals surface area contributed by atoms with Gasteiger partial charge in [-0.1, -0.05) is 45.0 Å².